The lowest BCUT2D eigenvalue weighted by Crippen LogP contribution is -2.50. The first-order valence-corrected chi connectivity index (χ1v) is 7.43. The zero-order valence-electron chi connectivity index (χ0n) is 10.3. The Morgan fingerprint density at radius 1 is 1.37 bits per heavy atom. The maximum atomic E-state index is 13.4. The van der Waals surface area contributed by atoms with E-state index < -0.39 is 5.92 Å². The number of carbonyl (C=O) groups is 2. The summed E-state index contributed by atoms with van der Waals surface area (Å²) in [5.74, 6) is 0.475. The molecule has 1 aromatic rings. The second-order valence-corrected chi connectivity index (χ2v) is 6.35. The van der Waals surface area contributed by atoms with Gasteiger partial charge in [-0.2, -0.15) is 11.8 Å². The van der Waals surface area contributed by atoms with Gasteiger partial charge in [-0.25, -0.2) is 4.39 Å². The molecule has 2 heterocycles. The van der Waals surface area contributed by atoms with Crippen LogP contribution in [0.1, 0.15) is 24.3 Å². The SMILES string of the molecule is O=C1CC2(CCSC2)C(c2cccc(F)c2)C(=O)N1. The Kier molecular flexibility index (Phi) is 3.09. The molecule has 0 aromatic heterocycles. The van der Waals surface area contributed by atoms with Gasteiger partial charge in [-0.1, -0.05) is 12.1 Å². The van der Waals surface area contributed by atoms with Gasteiger partial charge in [0.2, 0.25) is 11.8 Å². The number of rotatable bonds is 1. The molecule has 2 fully saturated rings. The Morgan fingerprint density at radius 2 is 2.21 bits per heavy atom. The van der Waals surface area contributed by atoms with Gasteiger partial charge in [0.25, 0.3) is 0 Å². The average molecular weight is 279 g/mol. The summed E-state index contributed by atoms with van der Waals surface area (Å²) >= 11 is 1.76. The molecule has 3 rings (SSSR count). The van der Waals surface area contributed by atoms with E-state index in [1.165, 1.54) is 12.1 Å². The fourth-order valence-electron chi connectivity index (χ4n) is 3.13. The summed E-state index contributed by atoms with van der Waals surface area (Å²) in [6.07, 6.45) is 1.19. The number of amides is 2. The summed E-state index contributed by atoms with van der Waals surface area (Å²) in [4.78, 5) is 23.9. The molecule has 2 amide bonds. The maximum absolute atomic E-state index is 13.4. The Balaban J connectivity index is 2.05. The van der Waals surface area contributed by atoms with Crippen molar-refractivity contribution in [2.45, 2.75) is 18.8 Å². The molecule has 2 saturated heterocycles. The summed E-state index contributed by atoms with van der Waals surface area (Å²) in [5.41, 5.74) is 0.338. The molecule has 1 aromatic carbocycles. The monoisotopic (exact) mass is 279 g/mol. The third-order valence-corrected chi connectivity index (χ3v) is 5.24. The predicted octanol–water partition coefficient (Wildman–Crippen LogP) is 2.08. The van der Waals surface area contributed by atoms with Crippen molar-refractivity contribution in [2.75, 3.05) is 11.5 Å². The van der Waals surface area contributed by atoms with Crippen LogP contribution in [-0.2, 0) is 9.59 Å². The van der Waals surface area contributed by atoms with Gasteiger partial charge in [-0.05, 0) is 29.9 Å². The van der Waals surface area contributed by atoms with Gasteiger partial charge in [0.1, 0.15) is 5.82 Å². The van der Waals surface area contributed by atoms with Crippen molar-refractivity contribution in [3.8, 4) is 0 Å². The minimum Gasteiger partial charge on any atom is -0.296 e. The van der Waals surface area contributed by atoms with E-state index in [9.17, 15) is 14.0 Å². The topological polar surface area (TPSA) is 46.2 Å². The quantitative estimate of drug-likeness (QED) is 0.801. The highest BCUT2D eigenvalue weighted by Gasteiger charge is 2.50. The lowest BCUT2D eigenvalue weighted by atomic mass is 9.67. The van der Waals surface area contributed by atoms with Crippen LogP contribution in [0.15, 0.2) is 24.3 Å². The van der Waals surface area contributed by atoms with Crippen molar-refractivity contribution in [2.24, 2.45) is 5.41 Å². The lowest BCUT2D eigenvalue weighted by molar-refractivity contribution is -0.139. The van der Waals surface area contributed by atoms with Crippen LogP contribution in [0.4, 0.5) is 4.39 Å². The smallest absolute Gasteiger partial charge is 0.234 e. The van der Waals surface area contributed by atoms with E-state index in [0.29, 0.717) is 12.0 Å². The van der Waals surface area contributed by atoms with Gasteiger partial charge in [0, 0.05) is 17.6 Å². The second kappa shape index (κ2) is 4.63. The van der Waals surface area contributed by atoms with Crippen LogP contribution in [0.2, 0.25) is 0 Å². The third-order valence-electron chi connectivity index (χ3n) is 3.97. The Hall–Kier alpha value is -1.36. The van der Waals surface area contributed by atoms with Crippen molar-refractivity contribution >= 4 is 23.6 Å². The van der Waals surface area contributed by atoms with E-state index in [1.807, 2.05) is 0 Å². The van der Waals surface area contributed by atoms with E-state index in [1.54, 1.807) is 23.9 Å². The van der Waals surface area contributed by atoms with Crippen LogP contribution in [0.3, 0.4) is 0 Å². The van der Waals surface area contributed by atoms with E-state index in [4.69, 9.17) is 0 Å². The molecule has 2 atom stereocenters. The first-order chi connectivity index (χ1) is 9.11. The second-order valence-electron chi connectivity index (χ2n) is 5.24. The summed E-state index contributed by atoms with van der Waals surface area (Å²) in [6, 6.07) is 6.16. The number of hydrogen-bond donors (Lipinski definition) is 1. The number of thioether (sulfide) groups is 1. The van der Waals surface area contributed by atoms with Gasteiger partial charge in [0.15, 0.2) is 0 Å². The molecule has 2 aliphatic heterocycles. The van der Waals surface area contributed by atoms with Crippen molar-refractivity contribution < 1.29 is 14.0 Å². The van der Waals surface area contributed by atoms with Crippen molar-refractivity contribution in [1.82, 2.24) is 5.32 Å². The maximum Gasteiger partial charge on any atom is 0.234 e. The minimum absolute atomic E-state index is 0.208. The van der Waals surface area contributed by atoms with Gasteiger partial charge < -0.3 is 0 Å². The van der Waals surface area contributed by atoms with Gasteiger partial charge >= 0.3 is 0 Å². The largest absolute Gasteiger partial charge is 0.296 e. The van der Waals surface area contributed by atoms with Crippen molar-refractivity contribution in [3.63, 3.8) is 0 Å². The fourth-order valence-corrected chi connectivity index (χ4v) is 4.65. The molecular weight excluding hydrogens is 265 g/mol. The minimum atomic E-state index is -0.420. The summed E-state index contributed by atoms with van der Waals surface area (Å²) in [5, 5.41) is 2.39. The molecule has 2 unspecified atom stereocenters. The first-order valence-electron chi connectivity index (χ1n) is 6.28. The van der Waals surface area contributed by atoms with Crippen LogP contribution < -0.4 is 5.32 Å². The molecule has 0 radical (unpaired) electrons. The molecule has 0 saturated carbocycles. The number of imide groups is 1. The van der Waals surface area contributed by atoms with Gasteiger partial charge in [-0.3, -0.25) is 14.9 Å². The Labute approximate surface area is 115 Å². The summed E-state index contributed by atoms with van der Waals surface area (Å²) < 4.78 is 13.4. The molecule has 5 heteroatoms. The molecule has 1 N–H and O–H groups in total. The number of nitrogens with one attached hydrogen (secondary N) is 1. The van der Waals surface area contributed by atoms with Crippen molar-refractivity contribution in [1.29, 1.82) is 0 Å². The van der Waals surface area contributed by atoms with Crippen LogP contribution in [0, 0.1) is 11.2 Å². The summed E-state index contributed by atoms with van der Waals surface area (Å²) in [6.45, 7) is 0. The number of halogens is 1. The summed E-state index contributed by atoms with van der Waals surface area (Å²) in [7, 11) is 0. The van der Waals surface area contributed by atoms with E-state index >= 15 is 0 Å². The van der Waals surface area contributed by atoms with Crippen LogP contribution in [0.25, 0.3) is 0 Å². The molecule has 0 bridgehead atoms. The van der Waals surface area contributed by atoms with Gasteiger partial charge in [-0.15, -0.1) is 0 Å². The Morgan fingerprint density at radius 3 is 2.89 bits per heavy atom. The van der Waals surface area contributed by atoms with Crippen molar-refractivity contribution in [3.05, 3.63) is 35.6 Å². The molecule has 100 valence electrons. The number of carbonyl (C=O) groups excluding carboxylic acids is 2. The molecule has 3 nitrogen and oxygen atoms in total. The normalized spacial score (nSPS) is 30.7. The van der Waals surface area contributed by atoms with E-state index in [-0.39, 0.29) is 23.0 Å². The van der Waals surface area contributed by atoms with E-state index in [0.717, 1.165) is 17.9 Å². The lowest BCUT2D eigenvalue weighted by Gasteiger charge is -2.39. The van der Waals surface area contributed by atoms with Crippen LogP contribution in [-0.4, -0.2) is 23.3 Å². The molecule has 0 aliphatic carbocycles. The Bertz CT molecular complexity index is 540. The zero-order valence-corrected chi connectivity index (χ0v) is 11.1. The number of hydrogen-bond acceptors (Lipinski definition) is 3. The molecule has 19 heavy (non-hydrogen) atoms. The average Bonchev–Trinajstić information content (AvgIpc) is 2.76. The van der Waals surface area contributed by atoms with Crippen LogP contribution in [0.5, 0.6) is 0 Å². The molecular formula is C14H14FNO2S. The molecule has 2 aliphatic rings. The van der Waals surface area contributed by atoms with Gasteiger partial charge in [0.05, 0.1) is 5.92 Å². The van der Waals surface area contributed by atoms with Crippen LogP contribution >= 0.6 is 11.8 Å². The standard InChI is InChI=1S/C14H14FNO2S/c15-10-3-1-2-9(6-10)12-13(18)16-11(17)7-14(12)4-5-19-8-14/h1-3,6,12H,4-5,7-8H2,(H,16,17,18). The first kappa shape index (κ1) is 12.7. The zero-order chi connectivity index (χ0) is 13.5. The fraction of sp³-hybridized carbons (Fsp3) is 0.429. The number of benzene rings is 1. The highest BCUT2D eigenvalue weighted by molar-refractivity contribution is 7.99. The number of piperidine rings is 1. The third kappa shape index (κ3) is 2.16. The van der Waals surface area contributed by atoms with E-state index in [2.05, 4.69) is 5.32 Å². The molecule has 1 spiro atoms. The predicted molar refractivity (Wildman–Crippen MR) is 71.3 cm³/mol. The highest BCUT2D eigenvalue weighted by Crippen LogP contribution is 2.51. The highest BCUT2D eigenvalue weighted by atomic mass is 32.2.